The van der Waals surface area contributed by atoms with Gasteiger partial charge in [0.1, 0.15) is 27.6 Å². The zero-order chi connectivity index (χ0) is 58.4. The maximum absolute atomic E-state index is 13.1. The number of fused-ring (bicyclic) bond motifs is 8. The number of carbonyl (C=O) groups is 4. The van der Waals surface area contributed by atoms with Gasteiger partial charge in [0.25, 0.3) is 0 Å². The van der Waals surface area contributed by atoms with E-state index in [0.29, 0.717) is 91.4 Å². The number of nitrogens with zero attached hydrogens (tertiary/aromatic N) is 2. The van der Waals surface area contributed by atoms with E-state index >= 15 is 0 Å². The van der Waals surface area contributed by atoms with Crippen molar-refractivity contribution < 1.29 is 47.6 Å². The molecule has 5 heterocycles. The molecule has 0 amide bonds. The van der Waals surface area contributed by atoms with Gasteiger partial charge in [-0.05, 0) is 146 Å². The molecule has 0 radical (unpaired) electrons. The van der Waals surface area contributed by atoms with Crippen LogP contribution >= 0.6 is 0 Å². The van der Waals surface area contributed by atoms with E-state index in [1.807, 2.05) is 76.2 Å². The lowest BCUT2D eigenvalue weighted by Gasteiger charge is -2.13. The Kier molecular flexibility index (Phi) is 18.7. The van der Waals surface area contributed by atoms with E-state index < -0.39 is 16.1 Å². The Morgan fingerprint density at radius 3 is 1.14 bits per heavy atom. The molecule has 3 aromatic heterocycles. The van der Waals surface area contributed by atoms with Gasteiger partial charge in [0.15, 0.2) is 0 Å². The van der Waals surface area contributed by atoms with Gasteiger partial charge in [-0.15, -0.1) is 11.1 Å². The van der Waals surface area contributed by atoms with Gasteiger partial charge >= 0.3 is 23.9 Å². The fourth-order valence-corrected chi connectivity index (χ4v) is 11.1. The molecule has 2 N–H and O–H groups in total. The smallest absolute Gasteiger partial charge is 0.305 e. The maximum atomic E-state index is 13.1. The number of ether oxygens (including phenoxy) is 6. The van der Waals surface area contributed by atoms with Gasteiger partial charge in [0, 0.05) is 70.1 Å². The number of aryl methyl sites for hydroxylation is 4. The van der Waals surface area contributed by atoms with Crippen LogP contribution in [0.25, 0.3) is 66.6 Å². The number of esters is 4. The van der Waals surface area contributed by atoms with E-state index in [1.54, 1.807) is 14.2 Å². The lowest BCUT2D eigenvalue weighted by molar-refractivity contribution is -0.141. The number of aromatic nitrogens is 4. The van der Waals surface area contributed by atoms with Crippen molar-refractivity contribution in [3.63, 3.8) is 0 Å². The van der Waals surface area contributed by atoms with Gasteiger partial charge < -0.3 is 38.4 Å². The molecule has 8 bridgehead atoms. The second-order valence-electron chi connectivity index (χ2n) is 22.1. The number of rotatable bonds is 16. The Balaban J connectivity index is 1.82. The lowest BCUT2D eigenvalue weighted by atomic mass is 9.93. The molecular weight excluding hydrogens is 1040 g/mol. The molecule has 0 atom stereocenters. The van der Waals surface area contributed by atoms with Crippen molar-refractivity contribution in [3.8, 4) is 56.7 Å². The average molecular weight is 1120 g/mol. The Morgan fingerprint density at radius 2 is 0.825 bits per heavy atom. The normalized spacial score (nSPS) is 12.3. The van der Waals surface area contributed by atoms with Crippen LogP contribution in [0.3, 0.4) is 0 Å². The van der Waals surface area contributed by atoms with Crippen molar-refractivity contribution >= 4 is 84.4 Å². The quantitative estimate of drug-likeness (QED) is 0.0414. The number of nitrogens with one attached hydrogen (secondary N) is 2. The van der Waals surface area contributed by atoms with E-state index in [2.05, 4.69) is 72.2 Å². The molecule has 2 aromatic carbocycles. The van der Waals surface area contributed by atoms with E-state index in [0.717, 1.165) is 55.7 Å². The highest BCUT2D eigenvalue weighted by Gasteiger charge is 2.30. The topological polar surface area (TPSA) is 181 Å². The zero-order valence-corrected chi connectivity index (χ0v) is 51.3. The molecule has 80 heavy (non-hydrogen) atoms. The maximum Gasteiger partial charge on any atom is 0.305 e. The first-order chi connectivity index (χ1) is 37.9. The number of aromatic amines is 2. The molecule has 418 valence electrons. The average Bonchev–Trinajstić information content (AvgIpc) is 4.33. The van der Waals surface area contributed by atoms with Gasteiger partial charge in [-0.1, -0.05) is 51.1 Å². The van der Waals surface area contributed by atoms with Crippen LogP contribution < -0.4 is 9.47 Å². The molecule has 5 aromatic rings. The monoisotopic (exact) mass is 1110 g/mol. The summed E-state index contributed by atoms with van der Waals surface area (Å²) in [5, 5.41) is 0. The van der Waals surface area contributed by atoms with Crippen molar-refractivity contribution in [2.75, 3.05) is 42.7 Å². The van der Waals surface area contributed by atoms with Crippen LogP contribution in [-0.4, -0.2) is 103 Å². The third-order valence-corrected chi connectivity index (χ3v) is 16.1. The summed E-state index contributed by atoms with van der Waals surface area (Å²) >= 11 is 0. The summed E-state index contributed by atoms with van der Waals surface area (Å²) in [4.78, 5) is 71.4. The molecule has 0 fully saturated rings. The minimum atomic E-state index is -1.83. The number of methoxy groups -OCH3 is 6. The van der Waals surface area contributed by atoms with E-state index in [-0.39, 0.29) is 62.4 Å². The Morgan fingerprint density at radius 1 is 0.487 bits per heavy atom. The van der Waals surface area contributed by atoms with Crippen LogP contribution in [0.1, 0.15) is 109 Å². The molecule has 14 nitrogen and oxygen atoms in total. The molecule has 0 unspecified atom stereocenters. The third kappa shape index (κ3) is 13.4. The van der Waals surface area contributed by atoms with E-state index in [1.165, 1.54) is 28.4 Å². The van der Waals surface area contributed by atoms with Crippen LogP contribution in [-0.2, 0) is 51.0 Å². The SMILES string of the molecule is COC(=O)CCC1=C(C)c2nc1cc1[nH]c(c(C)c1CCC(=O)OC)c(-c1cc(C#C[Si](C)(C)C)ccc1OC)c1nc(cc3[nH]c(c(C)c3CCC(=O)OC)c2-c2cc(C#C[Si](C)(C)C)ccc2OC)C(CCC(=O)OC)=C1C. The molecule has 0 spiro atoms. The van der Waals surface area contributed by atoms with Gasteiger partial charge in [-0.25, -0.2) is 9.97 Å². The summed E-state index contributed by atoms with van der Waals surface area (Å²) in [7, 11) is 5.12. The molecule has 16 heteroatoms. The number of benzene rings is 2. The molecule has 2 aliphatic heterocycles. The number of allylic oxidation sites excluding steroid dienone is 4. The summed E-state index contributed by atoms with van der Waals surface area (Å²) in [5.41, 5.74) is 23.2. The van der Waals surface area contributed by atoms with Crippen molar-refractivity contribution in [3.05, 3.63) is 105 Å². The van der Waals surface area contributed by atoms with Crippen molar-refractivity contribution in [1.82, 2.24) is 19.9 Å². The van der Waals surface area contributed by atoms with Gasteiger partial charge in [0.05, 0.1) is 76.5 Å². The fourth-order valence-electron chi connectivity index (χ4n) is 10.1. The van der Waals surface area contributed by atoms with Crippen molar-refractivity contribution in [1.29, 1.82) is 0 Å². The second kappa shape index (κ2) is 25.0. The molecular formula is C64H74N4O10Si2. The first kappa shape index (κ1) is 59.7. The number of hydrogen-bond acceptors (Lipinski definition) is 12. The van der Waals surface area contributed by atoms with Crippen molar-refractivity contribution in [2.24, 2.45) is 0 Å². The van der Waals surface area contributed by atoms with Gasteiger partial charge in [0.2, 0.25) is 0 Å². The van der Waals surface area contributed by atoms with E-state index in [4.69, 9.17) is 38.4 Å². The summed E-state index contributed by atoms with van der Waals surface area (Å²) < 4.78 is 33.3. The largest absolute Gasteiger partial charge is 0.496 e. The third-order valence-electron chi connectivity index (χ3n) is 14.4. The summed E-state index contributed by atoms with van der Waals surface area (Å²) in [6.45, 7) is 21.3. The molecule has 7 rings (SSSR count). The van der Waals surface area contributed by atoms with Gasteiger partial charge in [-0.3, -0.25) is 19.2 Å². The minimum absolute atomic E-state index is 0.0727. The van der Waals surface area contributed by atoms with Crippen LogP contribution in [0.15, 0.2) is 48.5 Å². The first-order valence-corrected chi connectivity index (χ1v) is 33.8. The standard InChI is InChI=1S/C64H74N4O10Si2/c1-37-43(19-25-55(69)75-7)49-35-50-45(21-27-57(71)77-9)39(3)63(67-50)60(48-34-42(18-24-54(48)74-6)30-32-80(14,15)16)64-40(4)46(22-28-58(72)78-10)52(68-64)36-51-44(20-26-56(70)76-8)38(2)62(66-51)59(61(37)65-49)47-33-41(17-23-53(47)73-5)29-31-79(11,12)13/h17-18,23-24,33-36,65,68H,19-22,25-28H2,1-16H3. The fraction of sp³-hybridized carbons (Fsp3) is 0.375. The first-order valence-electron chi connectivity index (χ1n) is 26.8. The van der Waals surface area contributed by atoms with Crippen LogP contribution in [0.4, 0.5) is 0 Å². The van der Waals surface area contributed by atoms with E-state index in [9.17, 15) is 19.2 Å². The predicted molar refractivity (Wildman–Crippen MR) is 323 cm³/mol. The summed E-state index contributed by atoms with van der Waals surface area (Å²) in [5.74, 6) is 6.55. The number of H-pyrrole nitrogens is 2. The highest BCUT2D eigenvalue weighted by molar-refractivity contribution is 6.84. The predicted octanol–water partition coefficient (Wildman–Crippen LogP) is 12.7. The molecule has 0 aliphatic carbocycles. The molecule has 0 saturated heterocycles. The van der Waals surface area contributed by atoms with Crippen LogP contribution in [0.2, 0.25) is 39.3 Å². The number of hydrogen-bond donors (Lipinski definition) is 2. The highest BCUT2D eigenvalue weighted by Crippen LogP contribution is 2.47. The highest BCUT2D eigenvalue weighted by atomic mass is 28.3. The van der Waals surface area contributed by atoms with Gasteiger partial charge in [-0.2, -0.15) is 0 Å². The summed E-state index contributed by atoms with van der Waals surface area (Å²) in [6.07, 6.45) is 1.47. The second-order valence-corrected chi connectivity index (χ2v) is 31.6. The molecule has 2 aliphatic rings. The lowest BCUT2D eigenvalue weighted by Crippen LogP contribution is -2.16. The minimum Gasteiger partial charge on any atom is -0.496 e. The van der Waals surface area contributed by atoms with Crippen molar-refractivity contribution in [2.45, 2.75) is 118 Å². The van der Waals surface area contributed by atoms with Crippen LogP contribution in [0, 0.1) is 36.8 Å². The Hall–Kier alpha value is -7.93. The Bertz CT molecular complexity index is 3450. The van der Waals surface area contributed by atoms with Crippen LogP contribution in [0.5, 0.6) is 11.5 Å². The zero-order valence-electron chi connectivity index (χ0n) is 49.3. The number of carbonyl (C=O) groups excluding carboxylic acids is 4. The summed E-state index contributed by atoms with van der Waals surface area (Å²) in [6, 6.07) is 15.8. The Labute approximate surface area is 472 Å². The molecule has 0 saturated carbocycles.